The molecule has 2 nitrogen and oxygen atoms in total. The summed E-state index contributed by atoms with van der Waals surface area (Å²) in [6, 6.07) is 4.21. The van der Waals surface area contributed by atoms with E-state index in [-0.39, 0.29) is 5.41 Å². The van der Waals surface area contributed by atoms with E-state index in [2.05, 4.69) is 4.98 Å². The summed E-state index contributed by atoms with van der Waals surface area (Å²) in [5.41, 5.74) is 6.74. The summed E-state index contributed by atoms with van der Waals surface area (Å²) in [5.74, 6) is -1.62. The molecule has 0 unspecified atom stereocenters. The number of hydrogen-bond donors (Lipinski definition) is 1. The summed E-state index contributed by atoms with van der Waals surface area (Å²) in [5, 5.41) is 0.455. The van der Waals surface area contributed by atoms with E-state index in [0.717, 1.165) is 16.6 Å². The monoisotopic (exact) mass is 282 g/mol. The summed E-state index contributed by atoms with van der Waals surface area (Å²) in [6.07, 6.45) is 0.311. The highest BCUT2D eigenvalue weighted by Gasteiger charge is 2.23. The van der Waals surface area contributed by atoms with Gasteiger partial charge in [0.05, 0.1) is 5.69 Å². The molecule has 5 heteroatoms. The Labute approximate surface area is 115 Å². The maximum atomic E-state index is 13.7. The van der Waals surface area contributed by atoms with Crippen molar-refractivity contribution in [1.82, 2.24) is 4.98 Å². The van der Waals surface area contributed by atoms with Crippen LogP contribution in [-0.4, -0.2) is 4.98 Å². The van der Waals surface area contributed by atoms with Crippen molar-refractivity contribution in [1.29, 1.82) is 0 Å². The zero-order valence-corrected chi connectivity index (χ0v) is 11.9. The van der Waals surface area contributed by atoms with Gasteiger partial charge in [-0.2, -0.15) is 0 Å². The molecule has 0 amide bonds. The van der Waals surface area contributed by atoms with Crippen LogP contribution >= 0.6 is 11.3 Å². The molecule has 0 radical (unpaired) electrons. The van der Waals surface area contributed by atoms with Gasteiger partial charge in [-0.1, -0.05) is 32.9 Å². The van der Waals surface area contributed by atoms with Crippen LogP contribution in [0.3, 0.4) is 0 Å². The Hall–Kier alpha value is -1.49. The number of benzene rings is 1. The lowest BCUT2D eigenvalue weighted by Crippen LogP contribution is -2.14. The minimum absolute atomic E-state index is 0.173. The van der Waals surface area contributed by atoms with Crippen molar-refractivity contribution in [3.05, 3.63) is 46.0 Å². The number of nitrogens with zero attached hydrogens (tertiary/aromatic N) is 1. The lowest BCUT2D eigenvalue weighted by molar-refractivity contribution is 0.500. The first-order valence-electron chi connectivity index (χ1n) is 5.97. The largest absolute Gasteiger partial charge is 0.375 e. The van der Waals surface area contributed by atoms with Gasteiger partial charge in [0.25, 0.3) is 0 Å². The van der Waals surface area contributed by atoms with Crippen molar-refractivity contribution >= 4 is 16.5 Å². The van der Waals surface area contributed by atoms with Crippen molar-refractivity contribution in [3.63, 3.8) is 0 Å². The normalized spacial score (nSPS) is 11.8. The van der Waals surface area contributed by atoms with Gasteiger partial charge in [0.15, 0.2) is 16.8 Å². The van der Waals surface area contributed by atoms with E-state index in [4.69, 9.17) is 5.73 Å². The quantitative estimate of drug-likeness (QED) is 0.907. The number of aromatic nitrogens is 1. The third-order valence-electron chi connectivity index (χ3n) is 2.81. The molecule has 0 atom stereocenters. The molecular weight excluding hydrogens is 266 g/mol. The molecule has 2 rings (SSSR count). The van der Waals surface area contributed by atoms with E-state index >= 15 is 0 Å². The molecule has 1 aromatic heterocycles. The predicted molar refractivity (Wildman–Crippen MR) is 74.4 cm³/mol. The second-order valence-electron chi connectivity index (χ2n) is 5.46. The van der Waals surface area contributed by atoms with Crippen LogP contribution in [0.4, 0.5) is 13.9 Å². The van der Waals surface area contributed by atoms with E-state index in [1.807, 2.05) is 20.8 Å². The van der Waals surface area contributed by atoms with Crippen molar-refractivity contribution < 1.29 is 8.78 Å². The van der Waals surface area contributed by atoms with Crippen LogP contribution in [0.25, 0.3) is 0 Å². The van der Waals surface area contributed by atoms with Crippen molar-refractivity contribution in [2.24, 2.45) is 0 Å². The van der Waals surface area contributed by atoms with Crippen LogP contribution in [0.1, 0.15) is 36.9 Å². The smallest absolute Gasteiger partial charge is 0.180 e. The second-order valence-corrected chi connectivity index (χ2v) is 6.58. The van der Waals surface area contributed by atoms with Gasteiger partial charge in [0.1, 0.15) is 0 Å². The third-order valence-corrected chi connectivity index (χ3v) is 3.69. The topological polar surface area (TPSA) is 38.9 Å². The SMILES string of the molecule is CC(C)(C)c1nc(N)sc1Cc1cccc(F)c1F. The van der Waals surface area contributed by atoms with Gasteiger partial charge >= 0.3 is 0 Å². The Kier molecular flexibility index (Phi) is 3.58. The van der Waals surface area contributed by atoms with Crippen LogP contribution in [0.2, 0.25) is 0 Å². The zero-order valence-electron chi connectivity index (χ0n) is 11.1. The molecule has 0 aliphatic carbocycles. The van der Waals surface area contributed by atoms with E-state index in [1.54, 1.807) is 6.07 Å². The Bertz CT molecular complexity index is 600. The molecule has 0 bridgehead atoms. The average Bonchev–Trinajstić information content (AvgIpc) is 2.66. The van der Waals surface area contributed by atoms with Crippen LogP contribution < -0.4 is 5.73 Å². The Morgan fingerprint density at radius 3 is 2.58 bits per heavy atom. The number of rotatable bonds is 2. The Balaban J connectivity index is 2.41. The fraction of sp³-hybridized carbons (Fsp3) is 0.357. The van der Waals surface area contributed by atoms with E-state index in [1.165, 1.54) is 17.4 Å². The van der Waals surface area contributed by atoms with Crippen molar-refractivity contribution in [2.45, 2.75) is 32.6 Å². The summed E-state index contributed by atoms with van der Waals surface area (Å²) >= 11 is 1.33. The van der Waals surface area contributed by atoms with Gasteiger partial charge in [-0.05, 0) is 11.6 Å². The van der Waals surface area contributed by atoms with Gasteiger partial charge in [0.2, 0.25) is 0 Å². The maximum Gasteiger partial charge on any atom is 0.180 e. The molecule has 2 aromatic rings. The zero-order chi connectivity index (χ0) is 14.2. The highest BCUT2D eigenvalue weighted by atomic mass is 32.1. The lowest BCUT2D eigenvalue weighted by Gasteiger charge is -2.17. The van der Waals surface area contributed by atoms with Crippen LogP contribution in [0, 0.1) is 11.6 Å². The Morgan fingerprint density at radius 2 is 1.95 bits per heavy atom. The highest BCUT2D eigenvalue weighted by molar-refractivity contribution is 7.15. The number of hydrogen-bond acceptors (Lipinski definition) is 3. The molecule has 2 N–H and O–H groups in total. The van der Waals surface area contributed by atoms with E-state index in [9.17, 15) is 8.78 Å². The first-order valence-corrected chi connectivity index (χ1v) is 6.79. The van der Waals surface area contributed by atoms with Crippen molar-refractivity contribution in [2.75, 3.05) is 5.73 Å². The molecule has 1 heterocycles. The third kappa shape index (κ3) is 2.92. The fourth-order valence-electron chi connectivity index (χ4n) is 1.93. The average molecular weight is 282 g/mol. The minimum atomic E-state index is -0.827. The summed E-state index contributed by atoms with van der Waals surface area (Å²) in [4.78, 5) is 5.19. The molecule has 0 saturated carbocycles. The molecule has 0 spiro atoms. The first-order chi connectivity index (χ1) is 8.79. The number of anilines is 1. The lowest BCUT2D eigenvalue weighted by atomic mass is 9.90. The molecule has 19 heavy (non-hydrogen) atoms. The summed E-state index contributed by atoms with van der Waals surface area (Å²) in [6.45, 7) is 6.06. The molecule has 0 aliphatic rings. The molecule has 0 fully saturated rings. The van der Waals surface area contributed by atoms with Gasteiger partial charge < -0.3 is 5.73 Å². The van der Waals surface area contributed by atoms with E-state index < -0.39 is 11.6 Å². The molecule has 0 aliphatic heterocycles. The van der Waals surface area contributed by atoms with Gasteiger partial charge in [-0.15, -0.1) is 11.3 Å². The number of nitrogen functional groups attached to an aromatic ring is 1. The van der Waals surface area contributed by atoms with Crippen molar-refractivity contribution in [3.8, 4) is 0 Å². The Morgan fingerprint density at radius 1 is 1.26 bits per heavy atom. The van der Waals surface area contributed by atoms with Crippen LogP contribution in [0.5, 0.6) is 0 Å². The number of thiazole rings is 1. The van der Waals surface area contributed by atoms with Crippen LogP contribution in [-0.2, 0) is 11.8 Å². The van der Waals surface area contributed by atoms with Gasteiger partial charge in [0, 0.05) is 16.7 Å². The fourth-order valence-corrected chi connectivity index (χ4v) is 3.00. The van der Waals surface area contributed by atoms with Crippen LogP contribution in [0.15, 0.2) is 18.2 Å². The van der Waals surface area contributed by atoms with Gasteiger partial charge in [-0.3, -0.25) is 0 Å². The molecular formula is C14H16F2N2S. The number of nitrogens with two attached hydrogens (primary N) is 1. The molecule has 102 valence electrons. The highest BCUT2D eigenvalue weighted by Crippen LogP contribution is 2.32. The van der Waals surface area contributed by atoms with E-state index in [0.29, 0.717) is 17.1 Å². The summed E-state index contributed by atoms with van der Waals surface area (Å²) < 4.78 is 26.9. The number of halogens is 2. The van der Waals surface area contributed by atoms with Gasteiger partial charge in [-0.25, -0.2) is 13.8 Å². The minimum Gasteiger partial charge on any atom is -0.375 e. The first kappa shape index (κ1) is 13.9. The second kappa shape index (κ2) is 4.89. The standard InChI is InChI=1S/C14H16F2N2S/c1-14(2,3)12-10(19-13(17)18-12)7-8-5-4-6-9(15)11(8)16/h4-6H,7H2,1-3H3,(H2,17,18). The molecule has 1 aromatic carbocycles. The predicted octanol–water partition coefficient (Wildman–Crippen LogP) is 3.89. The molecule has 0 saturated heterocycles. The summed E-state index contributed by atoms with van der Waals surface area (Å²) in [7, 11) is 0. The maximum absolute atomic E-state index is 13.7.